The van der Waals surface area contributed by atoms with Crippen LogP contribution in [0, 0.1) is 5.92 Å². The van der Waals surface area contributed by atoms with E-state index in [-0.39, 0.29) is 5.41 Å². The van der Waals surface area contributed by atoms with Gasteiger partial charge in [-0.05, 0) is 80.4 Å². The largest absolute Gasteiger partial charge is 0.456 e. The minimum absolute atomic E-state index is 0.0816. The molecule has 45 heavy (non-hydrogen) atoms. The lowest BCUT2D eigenvalue weighted by molar-refractivity contribution is 0.394. The van der Waals surface area contributed by atoms with Gasteiger partial charge in [-0.1, -0.05) is 117 Å². The fourth-order valence-electron chi connectivity index (χ4n) is 8.48. The summed E-state index contributed by atoms with van der Waals surface area (Å²) in [5, 5.41) is 4.59. The van der Waals surface area contributed by atoms with Gasteiger partial charge in [0, 0.05) is 33.2 Å². The number of rotatable bonds is 2. The summed E-state index contributed by atoms with van der Waals surface area (Å²) >= 11 is 0. The molecular weight excluding hydrogens is 548 g/mol. The second kappa shape index (κ2) is 8.86. The van der Waals surface area contributed by atoms with Crippen molar-refractivity contribution in [3.63, 3.8) is 0 Å². The molecule has 0 spiro atoms. The second-order valence-corrected chi connectivity index (χ2v) is 13.2. The van der Waals surface area contributed by atoms with E-state index >= 15 is 0 Å². The Labute approximate surface area is 261 Å². The van der Waals surface area contributed by atoms with Crippen molar-refractivity contribution in [2.24, 2.45) is 5.92 Å². The summed E-state index contributed by atoms with van der Waals surface area (Å²) in [7, 11) is 0. The minimum Gasteiger partial charge on any atom is -0.456 e. The fraction of sp³-hybridized carbons (Fsp3) is 0.116. The van der Waals surface area contributed by atoms with Crippen LogP contribution in [-0.4, -0.2) is 0 Å². The third kappa shape index (κ3) is 3.34. The normalized spacial score (nSPS) is 18.6. The highest BCUT2D eigenvalue weighted by Gasteiger charge is 2.45. The molecule has 2 unspecified atom stereocenters. The van der Waals surface area contributed by atoms with E-state index in [1.807, 2.05) is 12.1 Å². The van der Waals surface area contributed by atoms with Gasteiger partial charge in [-0.3, -0.25) is 0 Å². The molecule has 1 aromatic heterocycles. The molecule has 214 valence electrons. The SMILES string of the molecule is CC1(C)c2cccc(-c3ccc4c(c3)-c3cccc5c(-c6cccc7c6oc6ccccc67)ccc(c35)O4)c2C2C=CC=CC21. The van der Waals surface area contributed by atoms with Crippen molar-refractivity contribution in [3.05, 3.63) is 145 Å². The molecule has 3 aliphatic rings. The van der Waals surface area contributed by atoms with E-state index in [9.17, 15) is 0 Å². The third-order valence-corrected chi connectivity index (χ3v) is 10.6. The monoisotopic (exact) mass is 578 g/mol. The van der Waals surface area contributed by atoms with Crippen LogP contribution in [0.3, 0.4) is 0 Å². The molecule has 10 rings (SSSR count). The van der Waals surface area contributed by atoms with Gasteiger partial charge in [0.15, 0.2) is 0 Å². The first kappa shape index (κ1) is 25.0. The number of para-hydroxylation sites is 2. The average Bonchev–Trinajstić information content (AvgIpc) is 3.58. The van der Waals surface area contributed by atoms with E-state index in [0.29, 0.717) is 11.8 Å². The molecule has 0 N–H and O–H groups in total. The summed E-state index contributed by atoms with van der Waals surface area (Å²) in [5.74, 6) is 2.65. The molecule has 0 radical (unpaired) electrons. The fourth-order valence-corrected chi connectivity index (χ4v) is 8.48. The van der Waals surface area contributed by atoms with E-state index in [0.717, 1.165) is 55.5 Å². The highest BCUT2D eigenvalue weighted by Crippen LogP contribution is 2.56. The number of allylic oxidation sites excluding steroid dienone is 4. The van der Waals surface area contributed by atoms with Gasteiger partial charge in [0.25, 0.3) is 0 Å². The predicted molar refractivity (Wildman–Crippen MR) is 185 cm³/mol. The molecule has 1 aliphatic heterocycles. The van der Waals surface area contributed by atoms with Crippen LogP contribution in [-0.2, 0) is 5.41 Å². The molecule has 2 heteroatoms. The van der Waals surface area contributed by atoms with Crippen molar-refractivity contribution in [1.29, 1.82) is 0 Å². The molecule has 7 aromatic rings. The Morgan fingerprint density at radius 1 is 0.578 bits per heavy atom. The third-order valence-electron chi connectivity index (χ3n) is 10.6. The van der Waals surface area contributed by atoms with Gasteiger partial charge in [-0.2, -0.15) is 0 Å². The van der Waals surface area contributed by atoms with E-state index in [2.05, 4.69) is 135 Å². The minimum atomic E-state index is 0.0816. The Balaban J connectivity index is 1.17. The standard InChI is InChI=1S/C43H30O2/c1-43(2)35-17-5-3-11-33(35)40-26(12-9-18-36(40)43)25-20-22-38-34(24-25)30-14-7-13-29-27(21-23-39(44-38)41(29)30)31-15-8-16-32-28-10-4-6-19-37(28)45-42(31)32/h3-24,33,35H,1-2H3. The molecule has 2 heterocycles. The summed E-state index contributed by atoms with van der Waals surface area (Å²) < 4.78 is 13.1. The van der Waals surface area contributed by atoms with Crippen LogP contribution in [0.4, 0.5) is 0 Å². The highest BCUT2D eigenvalue weighted by molar-refractivity contribution is 6.15. The number of ether oxygens (including phenoxy) is 1. The summed E-state index contributed by atoms with van der Waals surface area (Å²) in [5.41, 5.74) is 12.0. The van der Waals surface area contributed by atoms with Gasteiger partial charge >= 0.3 is 0 Å². The van der Waals surface area contributed by atoms with Crippen LogP contribution in [0.2, 0.25) is 0 Å². The van der Waals surface area contributed by atoms with Crippen LogP contribution in [0.15, 0.2) is 138 Å². The van der Waals surface area contributed by atoms with Crippen molar-refractivity contribution in [1.82, 2.24) is 0 Å². The maximum Gasteiger partial charge on any atom is 0.143 e. The highest BCUT2D eigenvalue weighted by atomic mass is 16.5. The molecule has 0 bridgehead atoms. The van der Waals surface area contributed by atoms with Crippen LogP contribution in [0.1, 0.15) is 30.9 Å². The van der Waals surface area contributed by atoms with Crippen LogP contribution < -0.4 is 4.74 Å². The van der Waals surface area contributed by atoms with Crippen molar-refractivity contribution < 1.29 is 9.15 Å². The maximum absolute atomic E-state index is 6.63. The molecule has 0 saturated heterocycles. The summed E-state index contributed by atoms with van der Waals surface area (Å²) in [4.78, 5) is 0. The zero-order chi connectivity index (χ0) is 29.9. The molecule has 2 nitrogen and oxygen atoms in total. The van der Waals surface area contributed by atoms with Gasteiger partial charge in [0.2, 0.25) is 0 Å². The van der Waals surface area contributed by atoms with Gasteiger partial charge < -0.3 is 9.15 Å². The number of benzene rings is 6. The average molecular weight is 579 g/mol. The van der Waals surface area contributed by atoms with Gasteiger partial charge in [-0.25, -0.2) is 0 Å². The van der Waals surface area contributed by atoms with E-state index < -0.39 is 0 Å². The molecular formula is C43H30O2. The van der Waals surface area contributed by atoms with Crippen molar-refractivity contribution in [3.8, 4) is 44.9 Å². The van der Waals surface area contributed by atoms with Crippen LogP contribution >= 0.6 is 0 Å². The number of furan rings is 1. The van der Waals surface area contributed by atoms with Gasteiger partial charge in [0.05, 0.1) is 0 Å². The molecule has 2 atom stereocenters. The lowest BCUT2D eigenvalue weighted by Gasteiger charge is -2.29. The summed E-state index contributed by atoms with van der Waals surface area (Å²) in [6, 6.07) is 39.3. The lowest BCUT2D eigenvalue weighted by atomic mass is 9.74. The number of fused-ring (bicyclic) bond motifs is 8. The predicted octanol–water partition coefficient (Wildman–Crippen LogP) is 12.0. The Kier molecular flexibility index (Phi) is 4.93. The van der Waals surface area contributed by atoms with Crippen LogP contribution in [0.25, 0.3) is 66.1 Å². The Morgan fingerprint density at radius 2 is 1.33 bits per heavy atom. The first-order valence-corrected chi connectivity index (χ1v) is 15.9. The zero-order valence-electron chi connectivity index (χ0n) is 25.2. The second-order valence-electron chi connectivity index (χ2n) is 13.2. The summed E-state index contributed by atoms with van der Waals surface area (Å²) in [6.45, 7) is 4.79. The Hall–Kier alpha value is -5.34. The van der Waals surface area contributed by atoms with Crippen molar-refractivity contribution in [2.45, 2.75) is 25.2 Å². The molecule has 0 fully saturated rings. The Bertz CT molecular complexity index is 2450. The van der Waals surface area contributed by atoms with Gasteiger partial charge in [0.1, 0.15) is 22.7 Å². The van der Waals surface area contributed by atoms with E-state index in [4.69, 9.17) is 9.15 Å². The maximum atomic E-state index is 6.63. The quantitative estimate of drug-likeness (QED) is 0.204. The molecule has 0 saturated carbocycles. The van der Waals surface area contributed by atoms with Crippen molar-refractivity contribution in [2.75, 3.05) is 0 Å². The number of hydrogen-bond donors (Lipinski definition) is 0. The first-order chi connectivity index (χ1) is 22.1. The van der Waals surface area contributed by atoms with Crippen molar-refractivity contribution >= 4 is 32.7 Å². The molecule has 0 amide bonds. The lowest BCUT2D eigenvalue weighted by Crippen LogP contribution is -2.24. The van der Waals surface area contributed by atoms with Gasteiger partial charge in [-0.15, -0.1) is 0 Å². The summed E-state index contributed by atoms with van der Waals surface area (Å²) in [6.07, 6.45) is 9.22. The number of hydrogen-bond acceptors (Lipinski definition) is 2. The molecule has 2 aliphatic carbocycles. The molecule has 6 aromatic carbocycles. The topological polar surface area (TPSA) is 22.4 Å². The Morgan fingerprint density at radius 3 is 2.27 bits per heavy atom. The van der Waals surface area contributed by atoms with Crippen LogP contribution in [0.5, 0.6) is 11.5 Å². The smallest absolute Gasteiger partial charge is 0.143 e. The zero-order valence-corrected chi connectivity index (χ0v) is 25.2. The van der Waals surface area contributed by atoms with E-state index in [1.165, 1.54) is 33.2 Å². The first-order valence-electron chi connectivity index (χ1n) is 15.9. The van der Waals surface area contributed by atoms with E-state index in [1.54, 1.807) is 0 Å².